The smallest absolute Gasteiger partial charge is 0.196 e. The minimum absolute atomic E-state index is 0.0422. The first-order chi connectivity index (χ1) is 14.6. The van der Waals surface area contributed by atoms with Gasteiger partial charge in [-0.05, 0) is 41.8 Å². The van der Waals surface area contributed by atoms with Crippen molar-refractivity contribution < 1.29 is 14.6 Å². The predicted octanol–water partition coefficient (Wildman–Crippen LogP) is 6.18. The van der Waals surface area contributed by atoms with Gasteiger partial charge in [0.15, 0.2) is 5.78 Å². The van der Waals surface area contributed by atoms with Gasteiger partial charge in [0.1, 0.15) is 18.1 Å². The summed E-state index contributed by atoms with van der Waals surface area (Å²) in [6.07, 6.45) is 0. The van der Waals surface area contributed by atoms with E-state index in [0.717, 1.165) is 16.7 Å². The van der Waals surface area contributed by atoms with E-state index in [9.17, 15) is 9.90 Å². The quantitative estimate of drug-likeness (QED) is 0.397. The maximum atomic E-state index is 12.7. The summed E-state index contributed by atoms with van der Waals surface area (Å²) in [7, 11) is 0. The van der Waals surface area contributed by atoms with Gasteiger partial charge >= 0.3 is 0 Å². The van der Waals surface area contributed by atoms with Crippen LogP contribution in [0.1, 0.15) is 27.0 Å². The summed E-state index contributed by atoms with van der Waals surface area (Å²) in [5.41, 5.74) is 4.67. The van der Waals surface area contributed by atoms with Crippen molar-refractivity contribution in [1.82, 2.24) is 0 Å². The zero-order valence-corrected chi connectivity index (χ0v) is 16.7. The maximum absolute atomic E-state index is 12.7. The summed E-state index contributed by atoms with van der Waals surface area (Å²) >= 11 is 0. The molecule has 30 heavy (non-hydrogen) atoms. The largest absolute Gasteiger partial charge is 0.507 e. The van der Waals surface area contributed by atoms with Crippen LogP contribution in [0.2, 0.25) is 0 Å². The van der Waals surface area contributed by atoms with Crippen molar-refractivity contribution in [2.45, 2.75) is 13.5 Å². The van der Waals surface area contributed by atoms with Gasteiger partial charge in [0.25, 0.3) is 0 Å². The second kappa shape index (κ2) is 8.66. The Labute approximate surface area is 176 Å². The highest BCUT2D eigenvalue weighted by Crippen LogP contribution is 2.32. The van der Waals surface area contributed by atoms with E-state index in [1.807, 2.05) is 36.4 Å². The number of rotatable bonds is 6. The van der Waals surface area contributed by atoms with Crippen LogP contribution in [0, 0.1) is 6.92 Å². The Morgan fingerprint density at radius 1 is 0.800 bits per heavy atom. The molecule has 0 saturated heterocycles. The highest BCUT2D eigenvalue weighted by molar-refractivity contribution is 6.11. The van der Waals surface area contributed by atoms with Gasteiger partial charge in [0.05, 0.1) is 5.56 Å². The lowest BCUT2D eigenvalue weighted by molar-refractivity contribution is 0.103. The molecule has 0 bridgehead atoms. The van der Waals surface area contributed by atoms with Gasteiger partial charge in [-0.15, -0.1) is 0 Å². The van der Waals surface area contributed by atoms with Gasteiger partial charge in [-0.2, -0.15) is 0 Å². The molecule has 4 rings (SSSR count). The van der Waals surface area contributed by atoms with Gasteiger partial charge in [0.2, 0.25) is 0 Å². The van der Waals surface area contributed by atoms with Crippen molar-refractivity contribution in [2.75, 3.05) is 0 Å². The van der Waals surface area contributed by atoms with Crippen LogP contribution in [0.3, 0.4) is 0 Å². The van der Waals surface area contributed by atoms with E-state index in [2.05, 4.69) is 24.3 Å². The number of hydrogen-bond donors (Lipinski definition) is 1. The second-order valence-corrected chi connectivity index (χ2v) is 7.14. The number of hydrogen-bond acceptors (Lipinski definition) is 3. The number of phenolic OH excluding ortho intramolecular Hbond substituents is 1. The lowest BCUT2D eigenvalue weighted by Gasteiger charge is -2.13. The molecular formula is C27H22O3. The van der Waals surface area contributed by atoms with E-state index in [0.29, 0.717) is 23.5 Å². The fourth-order valence-corrected chi connectivity index (χ4v) is 3.40. The molecule has 0 unspecified atom stereocenters. The SMILES string of the molecule is Cc1c(OCc2cccc(-c3ccccc3)c2)ccc(C(=O)c2ccccc2)c1O. The fraction of sp³-hybridized carbons (Fsp3) is 0.0741. The van der Waals surface area contributed by atoms with E-state index >= 15 is 0 Å². The van der Waals surface area contributed by atoms with E-state index in [4.69, 9.17) is 4.74 Å². The van der Waals surface area contributed by atoms with Gasteiger partial charge < -0.3 is 9.84 Å². The third kappa shape index (κ3) is 4.11. The molecule has 3 nitrogen and oxygen atoms in total. The van der Waals surface area contributed by atoms with E-state index < -0.39 is 0 Å². The lowest BCUT2D eigenvalue weighted by atomic mass is 10.00. The molecule has 0 heterocycles. The molecule has 3 heteroatoms. The van der Waals surface area contributed by atoms with Gasteiger partial charge in [-0.1, -0.05) is 78.9 Å². The van der Waals surface area contributed by atoms with E-state index in [1.165, 1.54) is 0 Å². The van der Waals surface area contributed by atoms with Crippen molar-refractivity contribution in [3.63, 3.8) is 0 Å². The van der Waals surface area contributed by atoms with Gasteiger partial charge in [-0.25, -0.2) is 0 Å². The Morgan fingerprint density at radius 3 is 2.20 bits per heavy atom. The normalized spacial score (nSPS) is 10.6. The van der Waals surface area contributed by atoms with Crippen molar-refractivity contribution in [3.8, 4) is 22.6 Å². The fourth-order valence-electron chi connectivity index (χ4n) is 3.40. The molecule has 4 aromatic carbocycles. The Kier molecular flexibility index (Phi) is 5.62. The van der Waals surface area contributed by atoms with Gasteiger partial charge in [-0.3, -0.25) is 4.79 Å². The number of phenols is 1. The minimum Gasteiger partial charge on any atom is -0.507 e. The van der Waals surface area contributed by atoms with Crippen molar-refractivity contribution in [2.24, 2.45) is 0 Å². The number of carbonyl (C=O) groups excluding carboxylic acids is 1. The molecule has 0 aliphatic rings. The monoisotopic (exact) mass is 394 g/mol. The highest BCUT2D eigenvalue weighted by atomic mass is 16.5. The van der Waals surface area contributed by atoms with Crippen LogP contribution in [0.25, 0.3) is 11.1 Å². The highest BCUT2D eigenvalue weighted by Gasteiger charge is 2.17. The Bertz CT molecular complexity index is 1170. The summed E-state index contributed by atoms with van der Waals surface area (Å²) < 4.78 is 5.96. The van der Waals surface area contributed by atoms with Crippen LogP contribution in [0.4, 0.5) is 0 Å². The van der Waals surface area contributed by atoms with Crippen LogP contribution < -0.4 is 4.74 Å². The first kappa shape index (κ1) is 19.5. The van der Waals surface area contributed by atoms with Crippen LogP contribution in [-0.4, -0.2) is 10.9 Å². The molecule has 1 N–H and O–H groups in total. The number of ketones is 1. The van der Waals surface area contributed by atoms with E-state index in [-0.39, 0.29) is 17.1 Å². The summed E-state index contributed by atoms with van der Waals surface area (Å²) in [4.78, 5) is 12.7. The summed E-state index contributed by atoms with van der Waals surface area (Å²) in [6.45, 7) is 2.12. The molecule has 0 aliphatic carbocycles. The molecule has 0 fully saturated rings. The minimum atomic E-state index is -0.210. The average molecular weight is 394 g/mol. The maximum Gasteiger partial charge on any atom is 0.196 e. The Balaban J connectivity index is 1.52. The third-order valence-corrected chi connectivity index (χ3v) is 5.09. The molecule has 0 radical (unpaired) electrons. The Hall–Kier alpha value is -3.85. The van der Waals surface area contributed by atoms with Crippen molar-refractivity contribution in [1.29, 1.82) is 0 Å². The molecule has 0 atom stereocenters. The average Bonchev–Trinajstić information content (AvgIpc) is 2.81. The number of ether oxygens (including phenoxy) is 1. The Morgan fingerprint density at radius 2 is 1.47 bits per heavy atom. The van der Waals surface area contributed by atoms with E-state index in [1.54, 1.807) is 43.3 Å². The summed E-state index contributed by atoms with van der Waals surface area (Å²) in [6, 6.07) is 30.7. The van der Waals surface area contributed by atoms with Crippen LogP contribution in [-0.2, 0) is 6.61 Å². The second-order valence-electron chi connectivity index (χ2n) is 7.14. The molecule has 4 aromatic rings. The predicted molar refractivity (Wildman–Crippen MR) is 119 cm³/mol. The standard InChI is InChI=1S/C27H22O3/c1-19-25(16-15-24(26(19)28)27(29)22-12-6-3-7-13-22)30-18-20-9-8-14-23(17-20)21-10-4-2-5-11-21/h2-17,28H,18H2,1H3. The van der Waals surface area contributed by atoms with Crippen LogP contribution in [0.5, 0.6) is 11.5 Å². The zero-order chi connectivity index (χ0) is 20.9. The summed E-state index contributed by atoms with van der Waals surface area (Å²) in [5.74, 6) is 0.305. The molecule has 0 saturated carbocycles. The third-order valence-electron chi connectivity index (χ3n) is 5.09. The van der Waals surface area contributed by atoms with Crippen LogP contribution >= 0.6 is 0 Å². The van der Waals surface area contributed by atoms with Crippen molar-refractivity contribution in [3.05, 3.63) is 119 Å². The first-order valence-electron chi connectivity index (χ1n) is 9.83. The topological polar surface area (TPSA) is 46.5 Å². The van der Waals surface area contributed by atoms with Gasteiger partial charge in [0, 0.05) is 11.1 Å². The lowest BCUT2D eigenvalue weighted by Crippen LogP contribution is -2.04. The number of aromatic hydroxyl groups is 1. The molecule has 148 valence electrons. The number of carbonyl (C=O) groups is 1. The first-order valence-corrected chi connectivity index (χ1v) is 9.83. The molecule has 0 spiro atoms. The van der Waals surface area contributed by atoms with Crippen LogP contribution in [0.15, 0.2) is 97.1 Å². The molecule has 0 aliphatic heterocycles. The molecule has 0 aromatic heterocycles. The zero-order valence-electron chi connectivity index (χ0n) is 16.7. The molecular weight excluding hydrogens is 372 g/mol. The summed E-state index contributed by atoms with van der Waals surface area (Å²) in [5, 5.41) is 10.6. The van der Waals surface area contributed by atoms with Crippen molar-refractivity contribution >= 4 is 5.78 Å². The molecule has 0 amide bonds. The number of benzene rings is 4.